The molecule has 1 aliphatic rings. The molecule has 0 fully saturated rings. The van der Waals surface area contributed by atoms with Gasteiger partial charge in [0.05, 0.1) is 35.8 Å². The number of carbonyl (C=O) groups is 2. The summed E-state index contributed by atoms with van der Waals surface area (Å²) >= 11 is 0. The molecule has 0 radical (unpaired) electrons. The second kappa shape index (κ2) is 7.70. The monoisotopic (exact) mass is 381 g/mol. The van der Waals surface area contributed by atoms with Gasteiger partial charge in [-0.25, -0.2) is 9.59 Å². The molecule has 0 aliphatic carbocycles. The number of benzene rings is 1. The highest BCUT2D eigenvalue weighted by molar-refractivity contribution is 6.08. The molecule has 0 saturated heterocycles. The Morgan fingerprint density at radius 3 is 2.50 bits per heavy atom. The van der Waals surface area contributed by atoms with Crippen molar-refractivity contribution in [3.8, 4) is 0 Å². The van der Waals surface area contributed by atoms with E-state index in [1.54, 1.807) is 18.4 Å². The van der Waals surface area contributed by atoms with Crippen LogP contribution < -0.4 is 4.90 Å². The van der Waals surface area contributed by atoms with E-state index in [-0.39, 0.29) is 17.0 Å². The number of nitro benzene ring substituents is 1. The van der Waals surface area contributed by atoms with Crippen LogP contribution >= 0.6 is 0 Å². The van der Waals surface area contributed by atoms with Crippen LogP contribution in [0.5, 0.6) is 0 Å². The topological polar surface area (TPSA) is 112 Å². The third-order valence-corrected chi connectivity index (χ3v) is 4.12. The van der Waals surface area contributed by atoms with Crippen LogP contribution in [0.4, 0.5) is 11.4 Å². The second-order valence-electron chi connectivity index (χ2n) is 5.60. The summed E-state index contributed by atoms with van der Waals surface area (Å²) in [6.45, 7) is 0. The summed E-state index contributed by atoms with van der Waals surface area (Å²) in [6, 6.07) is 4.33. The SMILES string of the molecule is COC(=O)C1=C(C(=O)OC)N(c2ccc([N+](=O)[O-])c3ccncc23)C=CC=C1. The first-order valence-corrected chi connectivity index (χ1v) is 8.05. The number of anilines is 1. The fraction of sp³-hybridized carbons (Fsp3) is 0.105. The van der Waals surface area contributed by atoms with Crippen molar-refractivity contribution in [3.05, 3.63) is 76.4 Å². The largest absolute Gasteiger partial charge is 0.465 e. The quantitative estimate of drug-likeness (QED) is 0.451. The Balaban J connectivity index is 2.32. The number of methoxy groups -OCH3 is 2. The molecule has 0 atom stereocenters. The van der Waals surface area contributed by atoms with E-state index in [2.05, 4.69) is 4.98 Å². The predicted molar refractivity (Wildman–Crippen MR) is 100 cm³/mol. The highest BCUT2D eigenvalue weighted by Crippen LogP contribution is 2.36. The molecule has 9 heteroatoms. The standard InChI is InChI=1S/C19H15N3O6/c1-27-18(23)13-5-3-4-10-21(17(13)19(24)28-2)15-6-7-16(22(25)26)12-8-9-20-11-14(12)15/h3-11H,1-2H3. The first-order chi connectivity index (χ1) is 13.5. The van der Waals surface area contributed by atoms with Gasteiger partial charge in [0.25, 0.3) is 5.69 Å². The molecule has 3 rings (SSSR count). The zero-order valence-electron chi connectivity index (χ0n) is 15.0. The Bertz CT molecular complexity index is 1070. The van der Waals surface area contributed by atoms with Crippen LogP contribution in [0.1, 0.15) is 0 Å². The van der Waals surface area contributed by atoms with Gasteiger partial charge in [0.15, 0.2) is 0 Å². The Morgan fingerprint density at radius 1 is 1.07 bits per heavy atom. The van der Waals surface area contributed by atoms with Gasteiger partial charge < -0.3 is 14.4 Å². The van der Waals surface area contributed by atoms with Crippen molar-refractivity contribution < 1.29 is 24.0 Å². The fourth-order valence-electron chi connectivity index (χ4n) is 2.88. The Kier molecular flexibility index (Phi) is 5.16. The number of carbonyl (C=O) groups excluding carboxylic acids is 2. The van der Waals surface area contributed by atoms with E-state index in [1.807, 2.05) is 0 Å². The molecule has 2 aromatic rings. The van der Waals surface area contributed by atoms with E-state index < -0.39 is 16.9 Å². The molecule has 0 bridgehead atoms. The smallest absolute Gasteiger partial charge is 0.355 e. The van der Waals surface area contributed by atoms with Gasteiger partial charge in [-0.05, 0) is 24.3 Å². The number of hydrogen-bond donors (Lipinski definition) is 0. The second-order valence-corrected chi connectivity index (χ2v) is 5.60. The molecular weight excluding hydrogens is 366 g/mol. The third-order valence-electron chi connectivity index (χ3n) is 4.12. The normalized spacial score (nSPS) is 13.4. The zero-order valence-corrected chi connectivity index (χ0v) is 15.0. The van der Waals surface area contributed by atoms with Gasteiger partial charge in [-0.2, -0.15) is 0 Å². The Hall–Kier alpha value is -4.01. The number of aromatic nitrogens is 1. The summed E-state index contributed by atoms with van der Waals surface area (Å²) < 4.78 is 9.64. The summed E-state index contributed by atoms with van der Waals surface area (Å²) in [5.41, 5.74) is 0.207. The van der Waals surface area contributed by atoms with Crippen molar-refractivity contribution in [3.63, 3.8) is 0 Å². The lowest BCUT2D eigenvalue weighted by Gasteiger charge is -2.24. The highest BCUT2D eigenvalue weighted by Gasteiger charge is 2.29. The van der Waals surface area contributed by atoms with Gasteiger partial charge in [0.1, 0.15) is 5.70 Å². The van der Waals surface area contributed by atoms with Gasteiger partial charge in [-0.3, -0.25) is 15.1 Å². The molecule has 0 saturated carbocycles. The maximum atomic E-state index is 12.5. The van der Waals surface area contributed by atoms with Crippen molar-refractivity contribution in [2.75, 3.05) is 19.1 Å². The summed E-state index contributed by atoms with van der Waals surface area (Å²) in [7, 11) is 2.39. The van der Waals surface area contributed by atoms with Gasteiger partial charge in [0, 0.05) is 30.0 Å². The van der Waals surface area contributed by atoms with E-state index in [9.17, 15) is 19.7 Å². The number of nitro groups is 1. The first kappa shape index (κ1) is 18.8. The van der Waals surface area contributed by atoms with E-state index in [0.717, 1.165) is 0 Å². The minimum Gasteiger partial charge on any atom is -0.465 e. The van der Waals surface area contributed by atoms with Crippen LogP contribution in [-0.4, -0.2) is 36.1 Å². The van der Waals surface area contributed by atoms with Crippen LogP contribution in [0.25, 0.3) is 10.8 Å². The average molecular weight is 381 g/mol. The van der Waals surface area contributed by atoms with Crippen LogP contribution in [0.15, 0.2) is 66.3 Å². The van der Waals surface area contributed by atoms with Crippen molar-refractivity contribution in [1.29, 1.82) is 0 Å². The first-order valence-electron chi connectivity index (χ1n) is 8.05. The average Bonchev–Trinajstić information content (AvgIpc) is 2.94. The third kappa shape index (κ3) is 3.20. The highest BCUT2D eigenvalue weighted by atomic mass is 16.6. The molecule has 142 valence electrons. The maximum absolute atomic E-state index is 12.5. The van der Waals surface area contributed by atoms with Crippen molar-refractivity contribution >= 4 is 34.1 Å². The molecule has 1 aliphatic heterocycles. The lowest BCUT2D eigenvalue weighted by Crippen LogP contribution is -2.27. The molecule has 0 spiro atoms. The maximum Gasteiger partial charge on any atom is 0.355 e. The molecular formula is C19H15N3O6. The van der Waals surface area contributed by atoms with Crippen molar-refractivity contribution in [2.24, 2.45) is 0 Å². The molecule has 2 heterocycles. The van der Waals surface area contributed by atoms with E-state index in [0.29, 0.717) is 16.5 Å². The number of hydrogen-bond acceptors (Lipinski definition) is 8. The van der Waals surface area contributed by atoms with Gasteiger partial charge in [-0.1, -0.05) is 6.08 Å². The Morgan fingerprint density at radius 2 is 1.82 bits per heavy atom. The lowest BCUT2D eigenvalue weighted by atomic mass is 10.1. The summed E-state index contributed by atoms with van der Waals surface area (Å²) in [6.07, 6.45) is 9.06. The lowest BCUT2D eigenvalue weighted by molar-refractivity contribution is -0.383. The molecule has 0 unspecified atom stereocenters. The molecule has 0 amide bonds. The molecule has 1 aromatic carbocycles. The van der Waals surface area contributed by atoms with Crippen molar-refractivity contribution in [1.82, 2.24) is 4.98 Å². The molecule has 0 N–H and O–H groups in total. The van der Waals surface area contributed by atoms with E-state index >= 15 is 0 Å². The zero-order chi connectivity index (χ0) is 20.3. The summed E-state index contributed by atoms with van der Waals surface area (Å²) in [5.74, 6) is -1.50. The summed E-state index contributed by atoms with van der Waals surface area (Å²) in [4.78, 5) is 41.1. The fourth-order valence-corrected chi connectivity index (χ4v) is 2.88. The van der Waals surface area contributed by atoms with Gasteiger partial charge in [-0.15, -0.1) is 0 Å². The minimum absolute atomic E-state index is 0.0188. The number of fused-ring (bicyclic) bond motifs is 1. The summed E-state index contributed by atoms with van der Waals surface area (Å²) in [5, 5.41) is 12.1. The number of rotatable bonds is 4. The van der Waals surface area contributed by atoms with Gasteiger partial charge in [0.2, 0.25) is 0 Å². The number of nitrogens with zero attached hydrogens (tertiary/aromatic N) is 3. The van der Waals surface area contributed by atoms with E-state index in [4.69, 9.17) is 9.47 Å². The molecule has 1 aromatic heterocycles. The van der Waals surface area contributed by atoms with Crippen LogP contribution in [0.3, 0.4) is 0 Å². The molecule has 9 nitrogen and oxygen atoms in total. The number of ether oxygens (including phenoxy) is 2. The molecule has 28 heavy (non-hydrogen) atoms. The van der Waals surface area contributed by atoms with Gasteiger partial charge >= 0.3 is 11.9 Å². The number of pyridine rings is 1. The predicted octanol–water partition coefficient (Wildman–Crippen LogP) is 2.63. The van der Waals surface area contributed by atoms with Crippen LogP contribution in [-0.2, 0) is 19.1 Å². The minimum atomic E-state index is -0.771. The van der Waals surface area contributed by atoms with Crippen LogP contribution in [0.2, 0.25) is 0 Å². The number of allylic oxidation sites excluding steroid dienone is 2. The van der Waals surface area contributed by atoms with Crippen LogP contribution in [0, 0.1) is 10.1 Å². The Labute approximate surface area is 159 Å². The number of esters is 2. The number of non-ortho nitro benzene ring substituents is 1. The van der Waals surface area contributed by atoms with Crippen molar-refractivity contribution in [2.45, 2.75) is 0 Å². The van der Waals surface area contributed by atoms with E-state index in [1.165, 1.54) is 55.8 Å².